The number of amides is 1. The molecular formula is C25H24N6O2S. The second kappa shape index (κ2) is 10.5. The van der Waals surface area contributed by atoms with Crippen molar-refractivity contribution in [3.05, 3.63) is 90.0 Å². The third-order valence-corrected chi connectivity index (χ3v) is 6.52. The predicted molar refractivity (Wildman–Crippen MR) is 133 cm³/mol. The molecule has 9 heteroatoms. The Morgan fingerprint density at radius 1 is 0.912 bits per heavy atom. The van der Waals surface area contributed by atoms with Crippen molar-refractivity contribution in [2.45, 2.75) is 10.9 Å². The molecule has 1 saturated heterocycles. The van der Waals surface area contributed by atoms with Crippen LogP contribution in [0.4, 0.5) is 11.4 Å². The molecule has 8 nitrogen and oxygen atoms in total. The summed E-state index contributed by atoms with van der Waals surface area (Å²) < 4.78 is 7.08. The Kier molecular flexibility index (Phi) is 6.83. The molecule has 4 aromatic rings. The molecule has 34 heavy (non-hydrogen) atoms. The Morgan fingerprint density at radius 3 is 2.35 bits per heavy atom. The van der Waals surface area contributed by atoms with E-state index in [0.29, 0.717) is 10.7 Å². The number of tetrazole rings is 1. The van der Waals surface area contributed by atoms with E-state index >= 15 is 0 Å². The van der Waals surface area contributed by atoms with Crippen molar-refractivity contribution in [1.82, 2.24) is 20.2 Å². The number of nitrogens with one attached hydrogen (secondary N) is 1. The maximum Gasteiger partial charge on any atom is 0.255 e. The molecule has 0 bridgehead atoms. The van der Waals surface area contributed by atoms with E-state index in [9.17, 15) is 4.79 Å². The van der Waals surface area contributed by atoms with Gasteiger partial charge in [-0.2, -0.15) is 4.68 Å². The van der Waals surface area contributed by atoms with Crippen LogP contribution in [0.25, 0.3) is 5.69 Å². The van der Waals surface area contributed by atoms with E-state index in [4.69, 9.17) is 4.74 Å². The zero-order chi connectivity index (χ0) is 23.2. The molecule has 1 aliphatic rings. The Balaban J connectivity index is 1.21. The highest BCUT2D eigenvalue weighted by Crippen LogP contribution is 2.23. The van der Waals surface area contributed by atoms with Gasteiger partial charge in [-0.25, -0.2) is 0 Å². The van der Waals surface area contributed by atoms with Gasteiger partial charge >= 0.3 is 0 Å². The van der Waals surface area contributed by atoms with Gasteiger partial charge in [0.05, 0.1) is 18.9 Å². The fourth-order valence-corrected chi connectivity index (χ4v) is 4.53. The van der Waals surface area contributed by atoms with Crippen LogP contribution in [0.15, 0.2) is 84.0 Å². The van der Waals surface area contributed by atoms with Crippen LogP contribution in [0.3, 0.4) is 0 Å². The fraction of sp³-hybridized carbons (Fsp3) is 0.200. The van der Waals surface area contributed by atoms with Gasteiger partial charge < -0.3 is 15.0 Å². The fourth-order valence-electron chi connectivity index (χ4n) is 3.69. The van der Waals surface area contributed by atoms with Crippen LogP contribution in [-0.2, 0) is 10.5 Å². The molecule has 0 spiro atoms. The van der Waals surface area contributed by atoms with Crippen molar-refractivity contribution in [3.8, 4) is 5.69 Å². The van der Waals surface area contributed by atoms with Crippen LogP contribution < -0.4 is 10.2 Å². The first-order valence-electron chi connectivity index (χ1n) is 11.1. The zero-order valence-electron chi connectivity index (χ0n) is 18.5. The van der Waals surface area contributed by atoms with Crippen LogP contribution in [-0.4, -0.2) is 52.4 Å². The van der Waals surface area contributed by atoms with Gasteiger partial charge in [-0.05, 0) is 64.5 Å². The Bertz CT molecular complexity index is 1220. The first kappa shape index (κ1) is 22.1. The summed E-state index contributed by atoms with van der Waals surface area (Å²) >= 11 is 1.56. The highest BCUT2D eigenvalue weighted by Gasteiger charge is 2.13. The van der Waals surface area contributed by atoms with Crippen molar-refractivity contribution in [2.24, 2.45) is 0 Å². The van der Waals surface area contributed by atoms with Gasteiger partial charge in [-0.3, -0.25) is 4.79 Å². The van der Waals surface area contributed by atoms with Crippen molar-refractivity contribution in [2.75, 3.05) is 36.5 Å². The summed E-state index contributed by atoms with van der Waals surface area (Å²) in [6.07, 6.45) is 0. The number of benzene rings is 3. The average molecular weight is 473 g/mol. The maximum atomic E-state index is 12.7. The number of carbonyl (C=O) groups excluding carboxylic acids is 1. The predicted octanol–water partition coefficient (Wildman–Crippen LogP) is 4.04. The standard InChI is InChI=1S/C25H24N6O2S/c32-24(26-21-8-12-22(13-9-21)30-14-16-33-17-15-30)20-6-10-23(11-7-20)31-25(27-28-29-31)34-18-19-4-2-1-3-5-19/h1-13H,14-18H2,(H,26,32). The number of nitrogens with zero attached hydrogens (tertiary/aromatic N) is 5. The molecule has 1 amide bonds. The van der Waals surface area contributed by atoms with E-state index < -0.39 is 0 Å². The molecule has 5 rings (SSSR count). The lowest BCUT2D eigenvalue weighted by Crippen LogP contribution is -2.36. The molecule has 0 unspecified atom stereocenters. The highest BCUT2D eigenvalue weighted by atomic mass is 32.2. The molecule has 1 N–H and O–H groups in total. The number of aromatic nitrogens is 4. The summed E-state index contributed by atoms with van der Waals surface area (Å²) in [6.45, 7) is 3.25. The lowest BCUT2D eigenvalue weighted by Gasteiger charge is -2.28. The molecule has 0 atom stereocenters. The largest absolute Gasteiger partial charge is 0.378 e. The third-order valence-electron chi connectivity index (χ3n) is 5.53. The quantitative estimate of drug-likeness (QED) is 0.406. The minimum absolute atomic E-state index is 0.166. The zero-order valence-corrected chi connectivity index (χ0v) is 19.3. The molecule has 172 valence electrons. The Hall–Kier alpha value is -3.69. The summed E-state index contributed by atoms with van der Waals surface area (Å²) in [6, 6.07) is 25.3. The van der Waals surface area contributed by atoms with E-state index in [-0.39, 0.29) is 5.91 Å². The van der Waals surface area contributed by atoms with Crippen molar-refractivity contribution in [1.29, 1.82) is 0 Å². The SMILES string of the molecule is O=C(Nc1ccc(N2CCOCC2)cc1)c1ccc(-n2nnnc2SCc2ccccc2)cc1. The third kappa shape index (κ3) is 5.27. The van der Waals surface area contributed by atoms with Gasteiger partial charge in [0.15, 0.2) is 0 Å². The number of morpholine rings is 1. The van der Waals surface area contributed by atoms with Crippen LogP contribution in [0.1, 0.15) is 15.9 Å². The molecule has 1 aliphatic heterocycles. The van der Waals surface area contributed by atoms with E-state index in [0.717, 1.165) is 49.1 Å². The number of ether oxygens (including phenoxy) is 1. The molecule has 0 saturated carbocycles. The topological polar surface area (TPSA) is 85.2 Å². The monoisotopic (exact) mass is 472 g/mol. The van der Waals surface area contributed by atoms with Crippen LogP contribution in [0.5, 0.6) is 0 Å². The molecule has 0 aliphatic carbocycles. The first-order chi connectivity index (χ1) is 16.8. The summed E-state index contributed by atoms with van der Waals surface area (Å²) in [5.41, 5.74) is 4.45. The van der Waals surface area contributed by atoms with Gasteiger partial charge in [-0.15, -0.1) is 5.10 Å². The molecule has 0 radical (unpaired) electrons. The van der Waals surface area contributed by atoms with E-state index in [1.807, 2.05) is 54.6 Å². The molecule has 1 fully saturated rings. The van der Waals surface area contributed by atoms with Gasteiger partial charge in [0.25, 0.3) is 5.91 Å². The number of carbonyl (C=O) groups is 1. The van der Waals surface area contributed by atoms with Gasteiger partial charge in [-0.1, -0.05) is 42.1 Å². The summed E-state index contributed by atoms with van der Waals surface area (Å²) in [5.74, 6) is 0.604. The van der Waals surface area contributed by atoms with Crippen molar-refractivity contribution >= 4 is 29.0 Å². The van der Waals surface area contributed by atoms with Crippen LogP contribution in [0.2, 0.25) is 0 Å². The van der Waals surface area contributed by atoms with E-state index in [1.165, 1.54) is 5.56 Å². The van der Waals surface area contributed by atoms with Gasteiger partial charge in [0.1, 0.15) is 0 Å². The number of rotatable bonds is 7. The Labute approximate surface area is 201 Å². The van der Waals surface area contributed by atoms with E-state index in [2.05, 4.69) is 37.9 Å². The van der Waals surface area contributed by atoms with Crippen LogP contribution >= 0.6 is 11.8 Å². The number of thioether (sulfide) groups is 1. The van der Waals surface area contributed by atoms with Crippen LogP contribution in [0, 0.1) is 0 Å². The van der Waals surface area contributed by atoms with Crippen molar-refractivity contribution in [3.63, 3.8) is 0 Å². The smallest absolute Gasteiger partial charge is 0.255 e. The number of hydrogen-bond acceptors (Lipinski definition) is 7. The first-order valence-corrected chi connectivity index (χ1v) is 12.0. The minimum Gasteiger partial charge on any atom is -0.378 e. The summed E-state index contributed by atoms with van der Waals surface area (Å²) in [4.78, 5) is 15.0. The molecule has 2 heterocycles. The van der Waals surface area contributed by atoms with E-state index in [1.54, 1.807) is 28.6 Å². The lowest BCUT2D eigenvalue weighted by atomic mass is 10.2. The number of anilines is 2. The Morgan fingerprint density at radius 2 is 1.62 bits per heavy atom. The minimum atomic E-state index is -0.166. The summed E-state index contributed by atoms with van der Waals surface area (Å²) in [7, 11) is 0. The molecule has 1 aromatic heterocycles. The second-order valence-electron chi connectivity index (χ2n) is 7.79. The second-order valence-corrected chi connectivity index (χ2v) is 8.74. The highest BCUT2D eigenvalue weighted by molar-refractivity contribution is 7.98. The maximum absolute atomic E-state index is 12.7. The van der Waals surface area contributed by atoms with Gasteiger partial charge in [0, 0.05) is 35.8 Å². The average Bonchev–Trinajstić information content (AvgIpc) is 3.38. The summed E-state index contributed by atoms with van der Waals surface area (Å²) in [5, 5.41) is 15.7. The molecule has 3 aromatic carbocycles. The van der Waals surface area contributed by atoms with Gasteiger partial charge in [0.2, 0.25) is 5.16 Å². The van der Waals surface area contributed by atoms with Crippen molar-refractivity contribution < 1.29 is 9.53 Å². The lowest BCUT2D eigenvalue weighted by molar-refractivity contribution is 0.102. The number of hydrogen-bond donors (Lipinski definition) is 1. The molecular weight excluding hydrogens is 448 g/mol. The normalized spacial score (nSPS) is 13.6.